The van der Waals surface area contributed by atoms with Crippen molar-refractivity contribution < 1.29 is 22.7 Å². The largest absolute Gasteiger partial charge is 0.484 e. The first-order chi connectivity index (χ1) is 20.2. The Morgan fingerprint density at radius 2 is 1.62 bits per heavy atom. The minimum absolute atomic E-state index is 0.0742. The van der Waals surface area contributed by atoms with Crippen LogP contribution >= 0.6 is 11.6 Å². The molecule has 0 saturated heterocycles. The summed E-state index contributed by atoms with van der Waals surface area (Å²) in [5, 5.41) is 7.18. The standard InChI is InChI=1S/C31H29ClN4O5S/c1-2-23-11-15-27(16-12-23)36(42(39,40)29-9-4-3-5-10-29)21-30(37)35-33-20-24-13-17-28(18-14-24)41-22-31(38)34-26-8-6-7-25(32)19-26/h3-20H,2,21-22H2,1H3,(H,34,38)(H,35,37)/b33-20-. The lowest BCUT2D eigenvalue weighted by Crippen LogP contribution is -2.39. The number of nitrogens with zero attached hydrogens (tertiary/aromatic N) is 2. The highest BCUT2D eigenvalue weighted by molar-refractivity contribution is 7.92. The second kappa shape index (κ2) is 14.3. The maximum Gasteiger partial charge on any atom is 0.264 e. The van der Waals surface area contributed by atoms with Gasteiger partial charge in [-0.1, -0.05) is 54.9 Å². The quantitative estimate of drug-likeness (QED) is 0.169. The number of nitrogens with one attached hydrogen (secondary N) is 2. The van der Waals surface area contributed by atoms with Gasteiger partial charge in [-0.3, -0.25) is 13.9 Å². The molecule has 4 aromatic rings. The van der Waals surface area contributed by atoms with Gasteiger partial charge in [-0.15, -0.1) is 0 Å². The number of benzene rings is 4. The van der Waals surface area contributed by atoms with Crippen LogP contribution in [0.3, 0.4) is 0 Å². The number of ether oxygens (including phenoxy) is 1. The van der Waals surface area contributed by atoms with E-state index in [1.54, 1.807) is 78.9 Å². The molecule has 216 valence electrons. The van der Waals surface area contributed by atoms with E-state index in [0.717, 1.165) is 16.3 Å². The number of hydrogen-bond donors (Lipinski definition) is 2. The van der Waals surface area contributed by atoms with Crippen LogP contribution in [0.1, 0.15) is 18.1 Å². The van der Waals surface area contributed by atoms with Crippen LogP contribution in [0.15, 0.2) is 113 Å². The van der Waals surface area contributed by atoms with Crippen molar-refractivity contribution in [3.8, 4) is 5.75 Å². The van der Waals surface area contributed by atoms with Gasteiger partial charge in [-0.05, 0) is 84.3 Å². The third-order valence-corrected chi connectivity index (χ3v) is 8.04. The van der Waals surface area contributed by atoms with Crippen molar-refractivity contribution in [1.29, 1.82) is 0 Å². The maximum absolute atomic E-state index is 13.4. The van der Waals surface area contributed by atoms with E-state index in [1.807, 2.05) is 19.1 Å². The normalized spacial score (nSPS) is 11.2. The molecule has 0 atom stereocenters. The molecule has 0 aromatic heterocycles. The van der Waals surface area contributed by atoms with Gasteiger partial charge >= 0.3 is 0 Å². The summed E-state index contributed by atoms with van der Waals surface area (Å²) in [7, 11) is -4.01. The first kappa shape index (κ1) is 30.3. The molecule has 0 saturated carbocycles. The molecular weight excluding hydrogens is 576 g/mol. The number of hydrazone groups is 1. The first-order valence-corrected chi connectivity index (χ1v) is 14.8. The average molecular weight is 605 g/mol. The first-order valence-electron chi connectivity index (χ1n) is 13.0. The van der Waals surface area contributed by atoms with Crippen molar-refractivity contribution in [3.63, 3.8) is 0 Å². The molecule has 4 aromatic carbocycles. The Balaban J connectivity index is 1.34. The van der Waals surface area contributed by atoms with Gasteiger partial charge in [0.2, 0.25) is 0 Å². The molecule has 9 nitrogen and oxygen atoms in total. The molecule has 0 aliphatic carbocycles. The predicted molar refractivity (Wildman–Crippen MR) is 165 cm³/mol. The Morgan fingerprint density at radius 3 is 2.29 bits per heavy atom. The van der Waals surface area contributed by atoms with Crippen molar-refractivity contribution in [1.82, 2.24) is 5.43 Å². The molecule has 2 amide bonds. The second-order valence-corrected chi connectivity index (χ2v) is 11.4. The Hall–Kier alpha value is -4.67. The molecule has 0 bridgehead atoms. The van der Waals surface area contributed by atoms with Gasteiger partial charge in [0.05, 0.1) is 16.8 Å². The number of amides is 2. The van der Waals surface area contributed by atoms with Crippen LogP contribution in [-0.4, -0.2) is 39.6 Å². The van der Waals surface area contributed by atoms with E-state index in [1.165, 1.54) is 18.3 Å². The molecule has 0 unspecified atom stereocenters. The van der Waals surface area contributed by atoms with Gasteiger partial charge in [0, 0.05) is 10.7 Å². The average Bonchev–Trinajstić information content (AvgIpc) is 3.00. The van der Waals surface area contributed by atoms with Crippen molar-refractivity contribution in [3.05, 3.63) is 119 Å². The lowest BCUT2D eigenvalue weighted by atomic mass is 10.1. The number of halogens is 1. The van der Waals surface area contributed by atoms with Crippen molar-refractivity contribution in [2.75, 3.05) is 22.8 Å². The maximum atomic E-state index is 13.4. The van der Waals surface area contributed by atoms with Gasteiger partial charge < -0.3 is 10.1 Å². The summed E-state index contributed by atoms with van der Waals surface area (Å²) in [6.45, 7) is 1.34. The number of rotatable bonds is 12. The number of carbonyl (C=O) groups is 2. The summed E-state index contributed by atoms with van der Waals surface area (Å²) in [5.74, 6) is -0.487. The third kappa shape index (κ3) is 8.42. The van der Waals surface area contributed by atoms with Crippen LogP contribution in [0.25, 0.3) is 0 Å². The van der Waals surface area contributed by atoms with Crippen molar-refractivity contribution in [2.45, 2.75) is 18.2 Å². The van der Waals surface area contributed by atoms with Crippen LogP contribution in [0.5, 0.6) is 5.75 Å². The topological polar surface area (TPSA) is 117 Å². The molecule has 11 heteroatoms. The summed E-state index contributed by atoms with van der Waals surface area (Å²) in [6.07, 6.45) is 2.22. The molecule has 2 N–H and O–H groups in total. The summed E-state index contributed by atoms with van der Waals surface area (Å²) in [5.41, 5.74) is 5.02. The zero-order valence-electron chi connectivity index (χ0n) is 22.7. The summed E-state index contributed by atoms with van der Waals surface area (Å²) in [6, 6.07) is 28.5. The highest BCUT2D eigenvalue weighted by atomic mass is 35.5. The fourth-order valence-electron chi connectivity index (χ4n) is 3.84. The van der Waals surface area contributed by atoms with Gasteiger partial charge in [-0.2, -0.15) is 5.10 Å². The monoisotopic (exact) mass is 604 g/mol. The molecule has 0 heterocycles. The van der Waals surface area contributed by atoms with Gasteiger partial charge in [0.25, 0.3) is 21.8 Å². The van der Waals surface area contributed by atoms with Gasteiger partial charge in [0.15, 0.2) is 6.61 Å². The minimum atomic E-state index is -4.01. The minimum Gasteiger partial charge on any atom is -0.484 e. The van der Waals surface area contributed by atoms with Crippen LogP contribution in [0.2, 0.25) is 5.02 Å². The van der Waals surface area contributed by atoms with Gasteiger partial charge in [-0.25, -0.2) is 13.8 Å². The Morgan fingerprint density at radius 1 is 0.905 bits per heavy atom. The van der Waals surface area contributed by atoms with Gasteiger partial charge in [0.1, 0.15) is 12.3 Å². The Bertz CT molecular complexity index is 1650. The zero-order chi connectivity index (χ0) is 30.0. The highest BCUT2D eigenvalue weighted by Gasteiger charge is 2.27. The smallest absolute Gasteiger partial charge is 0.264 e. The van der Waals surface area contributed by atoms with E-state index >= 15 is 0 Å². The van der Waals surface area contributed by atoms with E-state index in [0.29, 0.717) is 27.7 Å². The molecule has 0 aliphatic heterocycles. The number of anilines is 2. The molecule has 0 spiro atoms. The fraction of sp³-hybridized carbons (Fsp3) is 0.129. The van der Waals surface area contributed by atoms with E-state index in [2.05, 4.69) is 15.8 Å². The van der Waals surface area contributed by atoms with Crippen molar-refractivity contribution >= 4 is 51.0 Å². The summed E-state index contributed by atoms with van der Waals surface area (Å²) >= 11 is 5.92. The van der Waals surface area contributed by atoms with Crippen LogP contribution in [0.4, 0.5) is 11.4 Å². The molecule has 0 aliphatic rings. The molecule has 42 heavy (non-hydrogen) atoms. The lowest BCUT2D eigenvalue weighted by Gasteiger charge is -2.24. The molecule has 0 radical (unpaired) electrons. The SMILES string of the molecule is CCc1ccc(N(CC(=O)N/N=C\c2ccc(OCC(=O)Nc3cccc(Cl)c3)cc2)S(=O)(=O)c2ccccc2)cc1. The van der Waals surface area contributed by atoms with Crippen molar-refractivity contribution in [2.24, 2.45) is 5.10 Å². The molecule has 0 fully saturated rings. The van der Waals surface area contributed by atoms with E-state index in [-0.39, 0.29) is 17.4 Å². The Labute approximate surface area is 249 Å². The lowest BCUT2D eigenvalue weighted by molar-refractivity contribution is -0.119. The number of sulfonamides is 1. The third-order valence-electron chi connectivity index (χ3n) is 6.01. The summed E-state index contributed by atoms with van der Waals surface area (Å²) < 4.78 is 33.4. The number of carbonyl (C=O) groups excluding carboxylic acids is 2. The zero-order valence-corrected chi connectivity index (χ0v) is 24.3. The number of aryl methyl sites for hydroxylation is 1. The predicted octanol–water partition coefficient (Wildman–Crippen LogP) is 5.27. The van der Waals surface area contributed by atoms with Crippen LogP contribution in [0, 0.1) is 0 Å². The van der Waals surface area contributed by atoms with E-state index in [4.69, 9.17) is 16.3 Å². The van der Waals surface area contributed by atoms with Crippen LogP contribution < -0.4 is 19.8 Å². The highest BCUT2D eigenvalue weighted by Crippen LogP contribution is 2.24. The van der Waals surface area contributed by atoms with E-state index in [9.17, 15) is 18.0 Å². The molecule has 4 rings (SSSR count). The summed E-state index contributed by atoms with van der Waals surface area (Å²) in [4.78, 5) is 25.0. The van der Waals surface area contributed by atoms with Crippen LogP contribution in [-0.2, 0) is 26.0 Å². The van der Waals surface area contributed by atoms with E-state index < -0.39 is 22.5 Å². The Kier molecular flexibility index (Phi) is 10.3. The fourth-order valence-corrected chi connectivity index (χ4v) is 5.47. The molecular formula is C31H29ClN4O5S. The number of hydrogen-bond acceptors (Lipinski definition) is 6. The second-order valence-electron chi connectivity index (χ2n) is 9.05.